The van der Waals surface area contributed by atoms with Gasteiger partial charge in [0.2, 0.25) is 5.60 Å². The smallest absolute Gasteiger partial charge is 0.341 e. The highest BCUT2D eigenvalue weighted by atomic mass is 16.6. The maximum Gasteiger partial charge on any atom is 0.341 e. The van der Waals surface area contributed by atoms with Crippen LogP contribution >= 0.6 is 0 Å². The van der Waals surface area contributed by atoms with Crippen molar-refractivity contribution in [2.24, 2.45) is 0 Å². The summed E-state index contributed by atoms with van der Waals surface area (Å²) in [4.78, 5) is 23.0. The number of carbonyl (C=O) groups is 1. The summed E-state index contributed by atoms with van der Waals surface area (Å²) < 4.78 is 13.5. The van der Waals surface area contributed by atoms with Crippen LogP contribution < -0.4 is 14.5 Å². The molecule has 6 nitrogen and oxygen atoms in total. The second-order valence-corrected chi connectivity index (χ2v) is 13.2. The Labute approximate surface area is 309 Å². The molecule has 53 heavy (non-hydrogen) atoms. The van der Waals surface area contributed by atoms with Crippen molar-refractivity contribution in [1.29, 1.82) is 0 Å². The molecule has 6 heteroatoms. The van der Waals surface area contributed by atoms with Gasteiger partial charge in [0.05, 0.1) is 5.56 Å². The molecule has 7 aromatic rings. The number of esters is 1. The number of carbonyl (C=O) groups excluding carboxylic acids is 1. The number of aromatic nitrogens is 1. The van der Waals surface area contributed by atoms with E-state index in [1.165, 1.54) is 11.1 Å². The molecular formula is C47H37N3O3. The van der Waals surface area contributed by atoms with Gasteiger partial charge in [-0.05, 0) is 96.8 Å². The summed E-state index contributed by atoms with van der Waals surface area (Å²) in [6.45, 7) is 4.35. The molecule has 0 atom stereocenters. The van der Waals surface area contributed by atoms with Gasteiger partial charge < -0.3 is 19.3 Å². The van der Waals surface area contributed by atoms with Crippen molar-refractivity contribution in [3.63, 3.8) is 0 Å². The quantitative estimate of drug-likeness (QED) is 0.148. The van der Waals surface area contributed by atoms with Gasteiger partial charge in [-0.2, -0.15) is 0 Å². The number of hydrogen-bond donors (Lipinski definition) is 0. The summed E-state index contributed by atoms with van der Waals surface area (Å²) in [7, 11) is 0. The molecule has 0 aliphatic carbocycles. The van der Waals surface area contributed by atoms with Gasteiger partial charge in [0.1, 0.15) is 17.2 Å². The summed E-state index contributed by atoms with van der Waals surface area (Å²) in [6, 6.07) is 53.5. The van der Waals surface area contributed by atoms with Crippen LogP contribution in [0.5, 0.6) is 11.5 Å². The lowest BCUT2D eigenvalue weighted by Crippen LogP contribution is -2.34. The van der Waals surface area contributed by atoms with Crippen molar-refractivity contribution in [3.05, 3.63) is 197 Å². The van der Waals surface area contributed by atoms with E-state index in [1.807, 2.05) is 48.5 Å². The molecule has 0 radical (unpaired) electrons. The third-order valence-corrected chi connectivity index (χ3v) is 10.3. The van der Waals surface area contributed by atoms with Gasteiger partial charge in [0, 0.05) is 63.6 Å². The standard InChI is InChI=1S/C47H37N3O3/c1-3-32-16-11-13-23-41(32)49(34-18-7-5-8-19-34)36-25-27-39-43(30-36)52-44-31-37(26-28-40(44)47(39)45-38(46(51)53-47)22-15-29-48-45)50(35-20-9-6-10-21-35)42-24-14-12-17-33(42)4-2/h5-31H,3-4H2,1-2H3. The number of benzene rings is 6. The van der Waals surface area contributed by atoms with E-state index in [9.17, 15) is 4.79 Å². The lowest BCUT2D eigenvalue weighted by Gasteiger charge is -2.37. The van der Waals surface area contributed by atoms with Crippen LogP contribution in [-0.4, -0.2) is 11.0 Å². The fraction of sp³-hybridized carbons (Fsp3) is 0.106. The van der Waals surface area contributed by atoms with Crippen molar-refractivity contribution in [2.75, 3.05) is 9.80 Å². The van der Waals surface area contributed by atoms with Gasteiger partial charge in [0.15, 0.2) is 0 Å². The van der Waals surface area contributed by atoms with Crippen molar-refractivity contribution in [1.82, 2.24) is 4.98 Å². The van der Waals surface area contributed by atoms with Crippen LogP contribution in [0.15, 0.2) is 164 Å². The minimum Gasteiger partial charge on any atom is -0.456 e. The first-order chi connectivity index (χ1) is 26.1. The first-order valence-corrected chi connectivity index (χ1v) is 18.1. The first-order valence-electron chi connectivity index (χ1n) is 18.1. The van der Waals surface area contributed by atoms with Gasteiger partial charge in [-0.25, -0.2) is 4.79 Å². The number of rotatable bonds is 8. The predicted octanol–water partition coefficient (Wildman–Crippen LogP) is 11.7. The van der Waals surface area contributed by atoms with E-state index in [2.05, 4.69) is 121 Å². The minimum atomic E-state index is -1.30. The Hall–Kier alpha value is -6.66. The molecule has 0 N–H and O–H groups in total. The molecule has 2 aliphatic heterocycles. The Kier molecular flexibility index (Phi) is 8.00. The molecule has 6 aromatic carbocycles. The number of hydrogen-bond acceptors (Lipinski definition) is 6. The largest absolute Gasteiger partial charge is 0.456 e. The second-order valence-electron chi connectivity index (χ2n) is 13.2. The highest BCUT2D eigenvalue weighted by Crippen LogP contribution is 2.57. The lowest BCUT2D eigenvalue weighted by molar-refractivity contribution is 0.0215. The van der Waals surface area contributed by atoms with Gasteiger partial charge in [-0.1, -0.05) is 86.6 Å². The van der Waals surface area contributed by atoms with Gasteiger partial charge >= 0.3 is 5.97 Å². The minimum absolute atomic E-state index is 0.411. The zero-order valence-electron chi connectivity index (χ0n) is 29.6. The Balaban J connectivity index is 1.26. The van der Waals surface area contributed by atoms with Gasteiger partial charge in [-0.15, -0.1) is 0 Å². The molecule has 2 aliphatic rings. The van der Waals surface area contributed by atoms with Crippen LogP contribution in [0.25, 0.3) is 0 Å². The number of nitrogens with zero attached hydrogens (tertiary/aromatic N) is 3. The Morgan fingerprint density at radius 3 is 1.55 bits per heavy atom. The third kappa shape index (κ3) is 5.25. The number of pyridine rings is 1. The summed E-state index contributed by atoms with van der Waals surface area (Å²) >= 11 is 0. The van der Waals surface area contributed by atoms with Crippen molar-refractivity contribution < 1.29 is 14.3 Å². The monoisotopic (exact) mass is 691 g/mol. The molecule has 1 spiro atoms. The summed E-state index contributed by atoms with van der Waals surface area (Å²) in [5, 5.41) is 0. The molecule has 0 bridgehead atoms. The lowest BCUT2D eigenvalue weighted by atomic mass is 9.80. The maximum absolute atomic E-state index is 13.7. The van der Waals surface area contributed by atoms with E-state index in [0.717, 1.165) is 58.1 Å². The molecule has 1 aromatic heterocycles. The number of fused-ring (bicyclic) bond motifs is 6. The molecule has 9 rings (SSSR count). The van der Waals surface area contributed by atoms with E-state index in [0.29, 0.717) is 22.8 Å². The highest BCUT2D eigenvalue weighted by Gasteiger charge is 2.55. The number of anilines is 6. The normalized spacial score (nSPS) is 13.4. The van der Waals surface area contributed by atoms with E-state index < -0.39 is 11.6 Å². The maximum atomic E-state index is 13.7. The number of para-hydroxylation sites is 4. The average molecular weight is 692 g/mol. The van der Waals surface area contributed by atoms with Crippen LogP contribution in [0.1, 0.15) is 52.2 Å². The zero-order valence-corrected chi connectivity index (χ0v) is 29.6. The van der Waals surface area contributed by atoms with Crippen LogP contribution in [-0.2, 0) is 23.2 Å². The Morgan fingerprint density at radius 1 is 0.547 bits per heavy atom. The van der Waals surface area contributed by atoms with Gasteiger partial charge in [0.25, 0.3) is 0 Å². The summed E-state index contributed by atoms with van der Waals surface area (Å²) in [5.41, 5.74) is 9.64. The van der Waals surface area contributed by atoms with E-state index in [1.54, 1.807) is 18.3 Å². The summed E-state index contributed by atoms with van der Waals surface area (Å²) in [6.07, 6.45) is 3.47. The second kappa shape index (κ2) is 13.1. The van der Waals surface area contributed by atoms with E-state index >= 15 is 0 Å². The molecule has 0 fully saturated rings. The van der Waals surface area contributed by atoms with E-state index in [4.69, 9.17) is 14.5 Å². The third-order valence-electron chi connectivity index (χ3n) is 10.3. The van der Waals surface area contributed by atoms with Crippen LogP contribution in [0.3, 0.4) is 0 Å². The summed E-state index contributed by atoms with van der Waals surface area (Å²) in [5.74, 6) is 0.771. The van der Waals surface area contributed by atoms with E-state index in [-0.39, 0.29) is 0 Å². The fourth-order valence-corrected chi connectivity index (χ4v) is 7.84. The van der Waals surface area contributed by atoms with Crippen molar-refractivity contribution in [2.45, 2.75) is 32.3 Å². The highest BCUT2D eigenvalue weighted by molar-refractivity contribution is 5.96. The van der Waals surface area contributed by atoms with Crippen LogP contribution in [0, 0.1) is 0 Å². The van der Waals surface area contributed by atoms with Crippen molar-refractivity contribution in [3.8, 4) is 11.5 Å². The van der Waals surface area contributed by atoms with Crippen molar-refractivity contribution >= 4 is 40.1 Å². The molecule has 258 valence electrons. The molecule has 0 saturated heterocycles. The van der Waals surface area contributed by atoms with Crippen LogP contribution in [0.2, 0.25) is 0 Å². The molecule has 0 unspecified atom stereocenters. The average Bonchev–Trinajstić information content (AvgIpc) is 3.51. The Bertz CT molecular complexity index is 2340. The predicted molar refractivity (Wildman–Crippen MR) is 211 cm³/mol. The molecule has 0 amide bonds. The molecule has 0 saturated carbocycles. The Morgan fingerprint density at radius 2 is 1.04 bits per heavy atom. The van der Waals surface area contributed by atoms with Crippen LogP contribution in [0.4, 0.5) is 34.1 Å². The molecular weight excluding hydrogens is 655 g/mol. The first kappa shape index (κ1) is 32.3. The van der Waals surface area contributed by atoms with Gasteiger partial charge in [-0.3, -0.25) is 4.98 Å². The SMILES string of the molecule is CCc1ccccc1N(c1ccccc1)c1ccc2c(c1)Oc1cc(N(c3ccccc3)c3ccccc3CC)ccc1C21OC(=O)c2cccnc21. The molecule has 3 heterocycles. The fourth-order valence-electron chi connectivity index (χ4n) is 7.84. The number of aryl methyl sites for hydroxylation is 2. The topological polar surface area (TPSA) is 54.9 Å². The zero-order chi connectivity index (χ0) is 35.9. The number of ether oxygens (including phenoxy) is 2.